The summed E-state index contributed by atoms with van der Waals surface area (Å²) in [5.41, 5.74) is 1.34. The lowest BCUT2D eigenvalue weighted by atomic mass is 9.80. The molecule has 1 aliphatic carbocycles. The van der Waals surface area contributed by atoms with Crippen LogP contribution in [0.25, 0.3) is 10.8 Å². The quantitative estimate of drug-likeness (QED) is 0.911. The summed E-state index contributed by atoms with van der Waals surface area (Å²) in [6.45, 7) is 0. The Labute approximate surface area is 116 Å². The predicted molar refractivity (Wildman–Crippen MR) is 74.3 cm³/mol. The highest BCUT2D eigenvalue weighted by atomic mass is 16.5. The summed E-state index contributed by atoms with van der Waals surface area (Å²) in [6.07, 6.45) is 0.393. The van der Waals surface area contributed by atoms with Crippen molar-refractivity contribution in [1.29, 1.82) is 0 Å². The third-order valence-electron chi connectivity index (χ3n) is 3.85. The van der Waals surface area contributed by atoms with Gasteiger partial charge in [-0.05, 0) is 23.3 Å². The van der Waals surface area contributed by atoms with Crippen molar-refractivity contribution in [2.75, 3.05) is 7.11 Å². The van der Waals surface area contributed by atoms with Crippen LogP contribution in [0.3, 0.4) is 0 Å². The summed E-state index contributed by atoms with van der Waals surface area (Å²) >= 11 is 0. The molecular formula is C16H14O4. The van der Waals surface area contributed by atoms with Crippen molar-refractivity contribution in [2.24, 2.45) is 5.92 Å². The summed E-state index contributed by atoms with van der Waals surface area (Å²) in [5.74, 6) is -1.11. The van der Waals surface area contributed by atoms with Crippen molar-refractivity contribution in [1.82, 2.24) is 0 Å². The molecule has 0 heterocycles. The second-order valence-electron chi connectivity index (χ2n) is 5.02. The fourth-order valence-corrected chi connectivity index (χ4v) is 2.89. The fourth-order valence-electron chi connectivity index (χ4n) is 2.89. The molecule has 0 bridgehead atoms. The summed E-state index contributed by atoms with van der Waals surface area (Å²) in [6, 6.07) is 9.47. The van der Waals surface area contributed by atoms with Crippen LogP contribution in [0.4, 0.5) is 0 Å². The van der Waals surface area contributed by atoms with Crippen LogP contribution in [0.15, 0.2) is 30.3 Å². The monoisotopic (exact) mass is 270 g/mol. The number of hydrogen-bond donors (Lipinski definition) is 1. The molecule has 0 amide bonds. The van der Waals surface area contributed by atoms with E-state index in [9.17, 15) is 9.59 Å². The number of carbonyl (C=O) groups is 2. The maximum atomic E-state index is 12.4. The summed E-state index contributed by atoms with van der Waals surface area (Å²) < 4.78 is 5.35. The van der Waals surface area contributed by atoms with Crippen molar-refractivity contribution in [2.45, 2.75) is 12.8 Å². The Morgan fingerprint density at radius 3 is 2.75 bits per heavy atom. The van der Waals surface area contributed by atoms with E-state index >= 15 is 0 Å². The highest BCUT2D eigenvalue weighted by Gasteiger charge is 2.33. The van der Waals surface area contributed by atoms with Gasteiger partial charge in [-0.15, -0.1) is 0 Å². The van der Waals surface area contributed by atoms with E-state index in [2.05, 4.69) is 0 Å². The van der Waals surface area contributed by atoms with Gasteiger partial charge in [0.25, 0.3) is 0 Å². The van der Waals surface area contributed by atoms with Gasteiger partial charge in [0.1, 0.15) is 5.75 Å². The zero-order valence-electron chi connectivity index (χ0n) is 11.1. The fraction of sp³-hybridized carbons (Fsp3) is 0.250. The maximum Gasteiger partial charge on any atom is 0.307 e. The van der Waals surface area contributed by atoms with E-state index < -0.39 is 11.9 Å². The minimum atomic E-state index is -0.931. The molecule has 0 saturated carbocycles. The van der Waals surface area contributed by atoms with Crippen LogP contribution in [-0.2, 0) is 11.2 Å². The van der Waals surface area contributed by atoms with Gasteiger partial charge in [0.15, 0.2) is 5.78 Å². The third-order valence-corrected chi connectivity index (χ3v) is 3.85. The van der Waals surface area contributed by atoms with Gasteiger partial charge in [0, 0.05) is 17.5 Å². The minimum Gasteiger partial charge on any atom is -0.496 e. The van der Waals surface area contributed by atoms with Gasteiger partial charge in [0.05, 0.1) is 13.0 Å². The third kappa shape index (κ3) is 1.84. The average molecular weight is 270 g/mol. The summed E-state index contributed by atoms with van der Waals surface area (Å²) in [5, 5.41) is 11.0. The molecule has 0 saturated heterocycles. The number of carbonyl (C=O) groups excluding carboxylic acids is 1. The first-order valence-corrected chi connectivity index (χ1v) is 6.46. The van der Waals surface area contributed by atoms with E-state index in [1.807, 2.05) is 30.3 Å². The normalized spacial score (nSPS) is 17.9. The van der Waals surface area contributed by atoms with E-state index in [1.54, 1.807) is 7.11 Å². The molecule has 20 heavy (non-hydrogen) atoms. The SMILES string of the molecule is COc1cc2ccccc2c2c1C[C@H](C(=O)O)CC2=O. The van der Waals surface area contributed by atoms with Crippen LogP contribution < -0.4 is 4.74 Å². The minimum absolute atomic E-state index is 0.0551. The van der Waals surface area contributed by atoms with Crippen LogP contribution in [0.1, 0.15) is 22.3 Å². The van der Waals surface area contributed by atoms with Gasteiger partial charge >= 0.3 is 5.97 Å². The number of carboxylic acids is 1. The van der Waals surface area contributed by atoms with Gasteiger partial charge in [-0.25, -0.2) is 0 Å². The number of Topliss-reactive ketones (excluding diaryl/α,β-unsaturated/α-hetero) is 1. The van der Waals surface area contributed by atoms with Gasteiger partial charge in [-0.2, -0.15) is 0 Å². The lowest BCUT2D eigenvalue weighted by molar-refractivity contribution is -0.141. The van der Waals surface area contributed by atoms with E-state index in [0.717, 1.165) is 16.3 Å². The van der Waals surface area contributed by atoms with Crippen molar-refractivity contribution in [3.05, 3.63) is 41.5 Å². The molecule has 0 fully saturated rings. The number of ketones is 1. The zero-order chi connectivity index (χ0) is 14.3. The smallest absolute Gasteiger partial charge is 0.307 e. The molecule has 2 aromatic rings. The lowest BCUT2D eigenvalue weighted by Crippen LogP contribution is -2.27. The second-order valence-corrected chi connectivity index (χ2v) is 5.02. The largest absolute Gasteiger partial charge is 0.496 e. The predicted octanol–water partition coefficient (Wildman–Crippen LogP) is 2.68. The van der Waals surface area contributed by atoms with Crippen molar-refractivity contribution < 1.29 is 19.4 Å². The number of ether oxygens (including phenoxy) is 1. The first-order valence-electron chi connectivity index (χ1n) is 6.46. The Morgan fingerprint density at radius 1 is 1.30 bits per heavy atom. The molecule has 0 aromatic heterocycles. The second kappa shape index (κ2) is 4.63. The van der Waals surface area contributed by atoms with Gasteiger partial charge < -0.3 is 9.84 Å². The molecule has 1 N–H and O–H groups in total. The number of rotatable bonds is 2. The van der Waals surface area contributed by atoms with E-state index in [4.69, 9.17) is 9.84 Å². The molecular weight excluding hydrogens is 256 g/mol. The van der Waals surface area contributed by atoms with E-state index in [0.29, 0.717) is 17.7 Å². The van der Waals surface area contributed by atoms with Crippen LogP contribution >= 0.6 is 0 Å². The molecule has 4 nitrogen and oxygen atoms in total. The molecule has 0 radical (unpaired) electrons. The Balaban J connectivity index is 2.29. The highest BCUT2D eigenvalue weighted by Crippen LogP contribution is 2.37. The molecule has 1 atom stereocenters. The molecule has 0 spiro atoms. The van der Waals surface area contributed by atoms with Crippen LogP contribution in [-0.4, -0.2) is 24.0 Å². The molecule has 1 aliphatic rings. The van der Waals surface area contributed by atoms with Crippen molar-refractivity contribution >= 4 is 22.5 Å². The molecule has 4 heteroatoms. The van der Waals surface area contributed by atoms with Gasteiger partial charge in [-0.3, -0.25) is 9.59 Å². The van der Waals surface area contributed by atoms with Crippen molar-refractivity contribution in [3.8, 4) is 5.75 Å². The first-order chi connectivity index (χ1) is 9.61. The van der Waals surface area contributed by atoms with Gasteiger partial charge in [-0.1, -0.05) is 24.3 Å². The Kier molecular flexibility index (Phi) is 2.93. The number of carboxylic acid groups (broad SMARTS) is 1. The highest BCUT2D eigenvalue weighted by molar-refractivity contribution is 6.12. The Morgan fingerprint density at radius 2 is 2.05 bits per heavy atom. The molecule has 102 valence electrons. The topological polar surface area (TPSA) is 63.6 Å². The number of aliphatic carboxylic acids is 1. The Bertz CT molecular complexity index is 718. The first kappa shape index (κ1) is 12.7. The Hall–Kier alpha value is -2.36. The molecule has 0 unspecified atom stereocenters. The molecule has 2 aromatic carbocycles. The van der Waals surface area contributed by atoms with Crippen LogP contribution in [0.2, 0.25) is 0 Å². The number of methoxy groups -OCH3 is 1. The average Bonchev–Trinajstić information content (AvgIpc) is 2.45. The van der Waals surface area contributed by atoms with Gasteiger partial charge in [0.2, 0.25) is 0 Å². The zero-order valence-corrected chi connectivity index (χ0v) is 11.1. The number of fused-ring (bicyclic) bond motifs is 3. The maximum absolute atomic E-state index is 12.4. The van der Waals surface area contributed by atoms with Crippen LogP contribution in [0, 0.1) is 5.92 Å². The summed E-state index contributed by atoms with van der Waals surface area (Å²) in [7, 11) is 1.54. The number of benzene rings is 2. The molecule has 0 aliphatic heterocycles. The lowest BCUT2D eigenvalue weighted by Gasteiger charge is -2.24. The number of hydrogen-bond acceptors (Lipinski definition) is 3. The molecule has 3 rings (SSSR count). The summed E-state index contributed by atoms with van der Waals surface area (Å²) in [4.78, 5) is 23.5. The standard InChI is InChI=1S/C16H14O4/c1-20-14-8-9-4-2-3-5-11(9)15-12(14)6-10(16(18)19)7-13(15)17/h2-5,8,10H,6-7H2,1H3,(H,18,19)/t10-/m0/s1. The van der Waals surface area contributed by atoms with E-state index in [1.165, 1.54) is 0 Å². The van der Waals surface area contributed by atoms with Crippen molar-refractivity contribution in [3.63, 3.8) is 0 Å². The van der Waals surface area contributed by atoms with Crippen LogP contribution in [0.5, 0.6) is 5.75 Å². The van der Waals surface area contributed by atoms with E-state index in [-0.39, 0.29) is 12.2 Å².